The molecule has 2 N–H and O–H groups in total. The van der Waals surface area contributed by atoms with E-state index in [1.54, 1.807) is 0 Å². The van der Waals surface area contributed by atoms with E-state index in [1.165, 1.54) is 0 Å². The van der Waals surface area contributed by atoms with E-state index in [2.05, 4.69) is 9.88 Å². The molecule has 63 valence electrons. The molecule has 0 heterocycles. The van der Waals surface area contributed by atoms with Gasteiger partial charge >= 0.3 is 19.6 Å². The molecule has 0 spiro atoms. The minimum atomic E-state index is -2.02. The van der Waals surface area contributed by atoms with Gasteiger partial charge in [0.05, 0.1) is 0 Å². The van der Waals surface area contributed by atoms with Crippen LogP contribution in [-0.2, 0) is 19.5 Å². The fraction of sp³-hybridized carbons (Fsp3) is 0. The second-order valence-electron chi connectivity index (χ2n) is 0.845. The molecule has 0 atom stereocenters. The molecule has 0 unspecified atom stereocenters. The first kappa shape index (κ1) is 12.5. The number of carbonyl (C=O) groups is 2. The van der Waals surface area contributed by atoms with Crippen LogP contribution < -0.4 is 0 Å². The summed E-state index contributed by atoms with van der Waals surface area (Å²) < 4.78 is 21.0. The van der Waals surface area contributed by atoms with Crippen LogP contribution in [0.2, 0.25) is 0 Å². The van der Waals surface area contributed by atoms with Crippen LogP contribution in [0.5, 0.6) is 0 Å². The highest BCUT2D eigenvalue weighted by Gasteiger charge is 2.18. The minimum absolute atomic E-state index is 0. The van der Waals surface area contributed by atoms with Gasteiger partial charge in [-0.1, -0.05) is 0 Å². The van der Waals surface area contributed by atoms with E-state index in [9.17, 15) is 18.6 Å². The van der Waals surface area contributed by atoms with Crippen LogP contribution in [0.3, 0.4) is 0 Å². The molecule has 0 fully saturated rings. The first-order valence-corrected chi connectivity index (χ1v) is 1.89. The van der Waals surface area contributed by atoms with Crippen LogP contribution in [0.4, 0.5) is 9.05 Å². The summed E-state index contributed by atoms with van der Waals surface area (Å²) in [7, 11) is 0. The lowest BCUT2D eigenvalue weighted by Gasteiger charge is -1.82. The summed E-state index contributed by atoms with van der Waals surface area (Å²) in [5.41, 5.74) is 0. The molecule has 9 heteroatoms. The maximum absolute atomic E-state index is 10.5. The number of hydrogen-bond acceptors (Lipinski definition) is 6. The van der Waals surface area contributed by atoms with Crippen molar-refractivity contribution in [2.45, 2.75) is 0 Å². The lowest BCUT2D eigenvalue weighted by atomic mass is 10.5. The quantitative estimate of drug-likeness (QED) is 0.334. The topological polar surface area (TPSA) is 93.1 Å². The van der Waals surface area contributed by atoms with E-state index >= 15 is 0 Å². The Labute approximate surface area is 59.4 Å². The predicted octanol–water partition coefficient (Wildman–Crippen LogP) is -1.65. The monoisotopic (exact) mass is 171 g/mol. The molecule has 0 amide bonds. The lowest BCUT2D eigenvalue weighted by Crippen LogP contribution is -2.13. The van der Waals surface area contributed by atoms with Crippen LogP contribution in [0.15, 0.2) is 0 Å². The molecule has 1 radical (unpaired) electrons. The van der Waals surface area contributed by atoms with Gasteiger partial charge in [0.2, 0.25) is 0 Å². The standard InChI is InChI=1S/C2F2O4.BH2O2/c3-7-1(5)2(6)8-4;2-1-3/h;2-3H. The number of rotatable bonds is 0. The van der Waals surface area contributed by atoms with E-state index < -0.39 is 11.9 Å². The molecule has 0 aliphatic heterocycles. The zero-order chi connectivity index (χ0) is 9.28. The fourth-order valence-corrected chi connectivity index (χ4v) is 0.0630. The van der Waals surface area contributed by atoms with Gasteiger partial charge in [0.25, 0.3) is 0 Å². The summed E-state index contributed by atoms with van der Waals surface area (Å²) in [6.45, 7) is 0. The first-order valence-electron chi connectivity index (χ1n) is 1.89. The van der Waals surface area contributed by atoms with Gasteiger partial charge in [-0.2, -0.15) is 0 Å². The fourth-order valence-electron chi connectivity index (χ4n) is 0.0630. The largest absolute Gasteiger partial charge is 0.482 e. The normalized spacial score (nSPS) is 6.91. The van der Waals surface area contributed by atoms with Crippen molar-refractivity contribution in [2.75, 3.05) is 0 Å². The second kappa shape index (κ2) is 8.78. The van der Waals surface area contributed by atoms with Gasteiger partial charge in [-0.15, -0.1) is 0 Å². The van der Waals surface area contributed by atoms with Crippen LogP contribution >= 0.6 is 0 Å². The van der Waals surface area contributed by atoms with Gasteiger partial charge in [0.15, 0.2) is 0 Å². The molecule has 6 nitrogen and oxygen atoms in total. The lowest BCUT2D eigenvalue weighted by molar-refractivity contribution is -0.212. The van der Waals surface area contributed by atoms with Gasteiger partial charge in [0, 0.05) is 9.05 Å². The SMILES string of the molecule is O=C(OF)C(=O)OF.O[B]O. The van der Waals surface area contributed by atoms with Crippen molar-refractivity contribution >= 4 is 19.6 Å². The Morgan fingerprint density at radius 2 is 1.27 bits per heavy atom. The highest BCUT2D eigenvalue weighted by atomic mass is 19.3. The van der Waals surface area contributed by atoms with Crippen LogP contribution in [0.25, 0.3) is 0 Å². The van der Waals surface area contributed by atoms with Gasteiger partial charge in [0.1, 0.15) is 0 Å². The first-order chi connectivity index (χ1) is 5.13. The molecular weight excluding hydrogens is 169 g/mol. The van der Waals surface area contributed by atoms with Crippen molar-refractivity contribution in [3.05, 3.63) is 0 Å². The van der Waals surface area contributed by atoms with Crippen molar-refractivity contribution < 1.29 is 38.6 Å². The predicted molar refractivity (Wildman–Crippen MR) is 24.6 cm³/mol. The maximum atomic E-state index is 10.5. The van der Waals surface area contributed by atoms with E-state index in [4.69, 9.17) is 10.0 Å². The van der Waals surface area contributed by atoms with Gasteiger partial charge in [-0.3, -0.25) is 0 Å². The Bertz CT molecular complexity index is 114. The summed E-state index contributed by atoms with van der Waals surface area (Å²) in [6.07, 6.45) is 0. The van der Waals surface area contributed by atoms with Gasteiger partial charge in [-0.25, -0.2) is 19.5 Å². The Morgan fingerprint density at radius 3 is 1.36 bits per heavy atom. The van der Waals surface area contributed by atoms with E-state index in [-0.39, 0.29) is 7.69 Å². The Hall–Kier alpha value is -1.22. The minimum Gasteiger partial charge on any atom is -0.429 e. The average molecular weight is 171 g/mol. The van der Waals surface area contributed by atoms with Crippen molar-refractivity contribution in [1.82, 2.24) is 0 Å². The molecular formula is C2H2BF2O6. The average Bonchev–Trinajstić information content (AvgIpc) is 2.03. The van der Waals surface area contributed by atoms with E-state index in [1.807, 2.05) is 0 Å². The molecule has 11 heavy (non-hydrogen) atoms. The highest BCUT2D eigenvalue weighted by molar-refractivity contribution is 6.29. The summed E-state index contributed by atoms with van der Waals surface area (Å²) >= 11 is 0. The Kier molecular flexibility index (Phi) is 9.95. The molecule has 0 aliphatic rings. The van der Waals surface area contributed by atoms with Crippen LogP contribution in [0.1, 0.15) is 0 Å². The van der Waals surface area contributed by atoms with Crippen molar-refractivity contribution in [1.29, 1.82) is 0 Å². The van der Waals surface area contributed by atoms with E-state index in [0.29, 0.717) is 0 Å². The second-order valence-corrected chi connectivity index (χ2v) is 0.845. The van der Waals surface area contributed by atoms with Crippen molar-refractivity contribution in [3.63, 3.8) is 0 Å². The Balaban J connectivity index is 0. The number of hydrogen-bond donors (Lipinski definition) is 2. The summed E-state index contributed by atoms with van der Waals surface area (Å²) in [6, 6.07) is 0. The third-order valence-electron chi connectivity index (χ3n) is 0.307. The van der Waals surface area contributed by atoms with E-state index in [0.717, 1.165) is 0 Å². The molecule has 0 aromatic rings. The van der Waals surface area contributed by atoms with Crippen molar-refractivity contribution in [3.8, 4) is 0 Å². The molecule has 0 aromatic carbocycles. The number of carbonyl (C=O) groups excluding carboxylic acids is 2. The zero-order valence-electron chi connectivity index (χ0n) is 4.86. The van der Waals surface area contributed by atoms with Gasteiger partial charge < -0.3 is 10.0 Å². The van der Waals surface area contributed by atoms with Crippen LogP contribution in [-0.4, -0.2) is 29.7 Å². The smallest absolute Gasteiger partial charge is 0.429 e. The molecule has 0 rings (SSSR count). The molecule has 0 bridgehead atoms. The molecule has 0 aliphatic carbocycles. The number of halogens is 2. The third-order valence-corrected chi connectivity index (χ3v) is 0.307. The zero-order valence-corrected chi connectivity index (χ0v) is 4.86. The summed E-state index contributed by atoms with van der Waals surface area (Å²) in [4.78, 5) is 23.4. The molecule has 0 aromatic heterocycles. The molecule has 0 saturated heterocycles. The Morgan fingerprint density at radius 1 is 1.09 bits per heavy atom. The summed E-state index contributed by atoms with van der Waals surface area (Å²) in [5.74, 6) is -4.04. The third kappa shape index (κ3) is 8.78. The maximum Gasteiger partial charge on any atom is 0.482 e. The van der Waals surface area contributed by atoms with Gasteiger partial charge in [-0.05, 0) is 0 Å². The van der Waals surface area contributed by atoms with Crippen molar-refractivity contribution in [2.24, 2.45) is 0 Å². The highest BCUT2D eigenvalue weighted by Crippen LogP contribution is 1.83. The summed E-state index contributed by atoms with van der Waals surface area (Å²) in [5, 5.41) is 14.0. The molecule has 0 saturated carbocycles. The van der Waals surface area contributed by atoms with Crippen LogP contribution in [0, 0.1) is 0 Å².